The molecule has 4 N–H and O–H groups in total. The minimum absolute atomic E-state index is 0.00403. The Hall–Kier alpha value is -7.89. The summed E-state index contributed by atoms with van der Waals surface area (Å²) in [5.74, 6) is -15.7. The number of ether oxygens (including phenoxy) is 1. The molecule has 11 atom stereocenters. The summed E-state index contributed by atoms with van der Waals surface area (Å²) < 4.78 is 32.1. The van der Waals surface area contributed by atoms with Crippen LogP contribution in [-0.2, 0) is 96.2 Å². The van der Waals surface area contributed by atoms with Crippen LogP contribution in [0, 0.1) is 17.8 Å². The van der Waals surface area contributed by atoms with Crippen molar-refractivity contribution in [2.75, 3.05) is 86.1 Å². The van der Waals surface area contributed by atoms with Gasteiger partial charge in [-0.2, -0.15) is 0 Å². The standard InChI is InChI=1S/C72H96Cl3N9O18S/c1-10-26-82-42-63(89)76-25-23-64(90)78(5)40-53(87)37-48(67(93)83-27-15-22-57(83)72(98)99)36-52(86)29-43(3)66(92)80(7)60(34-46-17-13-20-50(74)31-46)70(96)79(6)59(33-45-16-12-19-49(73)30-45)65(91)77-56(24-28-103(9,100)101)69(95)84-41-54(102-11-2)38-58(84)62(88)39-55(44(4)85)68(94)81(8)61(71(82)97)35-47-18-14-21-51(75)32-47/h12-14,16-21,30-32,43-44,48,54-61,85H,10-11,15,22-29,33-42H2,1-9H3,(H,76,89)(H,77,91)(H,98,99)/t43-,44-,48-,54-,55+,56+,57+,58+,59+,60+,61+/m1/s1. The van der Waals surface area contributed by atoms with E-state index in [-0.39, 0.29) is 81.4 Å². The third-order valence-electron chi connectivity index (χ3n) is 19.0. The average molecular weight is 1510 g/mol. The van der Waals surface area contributed by atoms with E-state index in [1.165, 1.54) is 53.0 Å². The van der Waals surface area contributed by atoms with Gasteiger partial charge in [0.1, 0.15) is 45.8 Å². The Kier molecular flexibility index (Phi) is 31.6. The van der Waals surface area contributed by atoms with Gasteiger partial charge in [0.2, 0.25) is 53.2 Å². The number of carbonyl (C=O) groups excluding carboxylic acids is 12. The zero-order valence-corrected chi connectivity index (χ0v) is 62.8. The van der Waals surface area contributed by atoms with Gasteiger partial charge in [-0.15, -0.1) is 0 Å². The average Bonchev–Trinajstić information content (AvgIpc) is 1.77. The van der Waals surface area contributed by atoms with Crippen molar-refractivity contribution in [3.05, 3.63) is 105 Å². The lowest BCUT2D eigenvalue weighted by Gasteiger charge is -2.36. The predicted molar refractivity (Wildman–Crippen MR) is 383 cm³/mol. The van der Waals surface area contributed by atoms with Gasteiger partial charge in [0.15, 0.2) is 11.6 Å². The molecule has 0 aromatic heterocycles. The second kappa shape index (κ2) is 38.7. The van der Waals surface area contributed by atoms with Crippen molar-refractivity contribution in [2.45, 2.75) is 160 Å². The molecule has 3 aliphatic heterocycles. The van der Waals surface area contributed by atoms with Crippen LogP contribution in [0.25, 0.3) is 0 Å². The summed E-state index contributed by atoms with van der Waals surface area (Å²) in [5, 5.41) is 27.7. The minimum Gasteiger partial charge on any atom is -0.480 e. The van der Waals surface area contributed by atoms with Crippen LogP contribution in [0.4, 0.5) is 0 Å². The normalized spacial score (nSPS) is 25.2. The quantitative estimate of drug-likeness (QED) is 0.158. The third kappa shape index (κ3) is 24.1. The number of hydrogen-bond donors (Lipinski definition) is 4. The molecule has 0 unspecified atom stereocenters. The fourth-order valence-corrected chi connectivity index (χ4v) is 14.8. The van der Waals surface area contributed by atoms with Gasteiger partial charge in [-0.25, -0.2) is 13.2 Å². The van der Waals surface area contributed by atoms with Crippen LogP contribution in [0.2, 0.25) is 15.1 Å². The van der Waals surface area contributed by atoms with Crippen molar-refractivity contribution in [3.8, 4) is 0 Å². The van der Waals surface area contributed by atoms with Gasteiger partial charge >= 0.3 is 5.97 Å². The number of sulfone groups is 1. The predicted octanol–water partition coefficient (Wildman–Crippen LogP) is 3.89. The van der Waals surface area contributed by atoms with E-state index < -0.39 is 203 Å². The monoisotopic (exact) mass is 1510 g/mol. The van der Waals surface area contributed by atoms with E-state index in [4.69, 9.17) is 39.5 Å². The van der Waals surface area contributed by atoms with Gasteiger partial charge < -0.3 is 59.9 Å². The number of nitrogens with one attached hydrogen (secondary N) is 2. The molecular weight excluding hydrogens is 1420 g/mol. The van der Waals surface area contributed by atoms with E-state index in [1.807, 2.05) is 0 Å². The summed E-state index contributed by atoms with van der Waals surface area (Å²) in [7, 11) is 1.29. The summed E-state index contributed by atoms with van der Waals surface area (Å²) >= 11 is 19.4. The van der Waals surface area contributed by atoms with Gasteiger partial charge in [-0.3, -0.25) is 57.5 Å². The fourth-order valence-electron chi connectivity index (χ4n) is 13.5. The second-order valence-corrected chi connectivity index (χ2v) is 30.7. The van der Waals surface area contributed by atoms with Gasteiger partial charge in [0.05, 0.1) is 48.9 Å². The Bertz CT molecular complexity index is 3730. The number of benzene rings is 3. The summed E-state index contributed by atoms with van der Waals surface area (Å²) in [5.41, 5.74) is 1.34. The maximum absolute atomic E-state index is 15.6. The van der Waals surface area contributed by atoms with E-state index in [9.17, 15) is 52.2 Å². The number of carboxylic acids is 1. The molecule has 27 nitrogen and oxygen atoms in total. The summed E-state index contributed by atoms with van der Waals surface area (Å²) in [6, 6.07) is 10.3. The molecular formula is C72H96Cl3N9O18S. The van der Waals surface area contributed by atoms with Gasteiger partial charge in [0, 0.05) is 146 Å². The number of likely N-dealkylation sites (tertiary alicyclic amines) is 1. The van der Waals surface area contributed by atoms with Crippen molar-refractivity contribution in [2.24, 2.45) is 17.8 Å². The van der Waals surface area contributed by atoms with Crippen LogP contribution in [0.1, 0.15) is 109 Å². The van der Waals surface area contributed by atoms with Crippen LogP contribution < -0.4 is 10.6 Å². The number of rotatable bonds is 16. The largest absolute Gasteiger partial charge is 0.480 e. The van der Waals surface area contributed by atoms with Crippen LogP contribution in [-0.4, -0.2) is 264 Å². The highest BCUT2D eigenvalue weighted by molar-refractivity contribution is 7.90. The van der Waals surface area contributed by atoms with Gasteiger partial charge in [-0.1, -0.05) is 85.0 Å². The Balaban J connectivity index is 1.47. The number of aliphatic hydroxyl groups is 1. The second-order valence-electron chi connectivity index (χ2n) is 27.1. The smallest absolute Gasteiger partial charge is 0.326 e. The first-order valence-corrected chi connectivity index (χ1v) is 37.7. The van der Waals surface area contributed by atoms with E-state index >= 15 is 28.8 Å². The number of likely N-dealkylation sites (N-methyl/N-ethyl adjacent to an activating group) is 4. The number of aliphatic carboxylic acids is 1. The molecule has 0 spiro atoms. The van der Waals surface area contributed by atoms with Crippen LogP contribution >= 0.6 is 34.8 Å². The van der Waals surface area contributed by atoms with E-state index in [0.29, 0.717) is 34.6 Å². The summed E-state index contributed by atoms with van der Waals surface area (Å²) in [6.45, 7) is 4.51. The fraction of sp³-hybridized carbons (Fsp3) is 0.569. The molecule has 3 aromatic rings. The van der Waals surface area contributed by atoms with E-state index in [1.54, 1.807) is 80.6 Å². The highest BCUT2D eigenvalue weighted by atomic mass is 35.5. The highest BCUT2D eigenvalue weighted by Gasteiger charge is 2.47. The maximum atomic E-state index is 15.6. The molecule has 3 heterocycles. The van der Waals surface area contributed by atoms with Gasteiger partial charge in [-0.05, 0) is 92.6 Å². The zero-order chi connectivity index (χ0) is 76.3. The number of nitrogens with zero attached hydrogens (tertiary/aromatic N) is 7. The topological polar surface area (TPSA) is 352 Å². The Morgan fingerprint density at radius 3 is 1.78 bits per heavy atom. The van der Waals surface area contributed by atoms with Crippen LogP contribution in [0.15, 0.2) is 72.8 Å². The molecule has 6 rings (SSSR count). The lowest BCUT2D eigenvalue weighted by atomic mass is 9.90. The first-order valence-electron chi connectivity index (χ1n) is 34.5. The third-order valence-corrected chi connectivity index (χ3v) is 20.7. The zero-order valence-electron chi connectivity index (χ0n) is 59.7. The molecule has 103 heavy (non-hydrogen) atoms. The lowest BCUT2D eigenvalue weighted by molar-refractivity contribution is -0.151. The van der Waals surface area contributed by atoms with Crippen molar-refractivity contribution in [1.29, 1.82) is 0 Å². The molecule has 9 amide bonds. The number of carboxylic acid groups (broad SMARTS) is 1. The molecule has 3 fully saturated rings. The Morgan fingerprint density at radius 2 is 1.24 bits per heavy atom. The van der Waals surface area contributed by atoms with Crippen molar-refractivity contribution < 1.29 is 85.7 Å². The SMILES string of the molecule is CCCN1CC(=O)NCCC(=O)N(C)CC(=O)C[C@H](C(=O)N2CCC[C@H]2C(=O)O)CC(=O)C[C@@H](C)C(=O)N(C)[C@@H](Cc2cccc(Cl)c2)C(=O)N(C)[C@@H](Cc2cccc(Cl)c2)C(=O)N[C@@H](CCS(C)(=O)=O)C(=O)N2C[C@H](OCC)C[C@H]2C(=O)C[C@@H]([C@@H](C)O)C(=O)N(C)[C@@H](Cc2cccc(Cl)c2)C1=O. The molecule has 3 aromatic carbocycles. The van der Waals surface area contributed by atoms with Crippen molar-refractivity contribution in [1.82, 2.24) is 44.9 Å². The summed E-state index contributed by atoms with van der Waals surface area (Å²) in [6.07, 6.45) is -5.07. The summed E-state index contributed by atoms with van der Waals surface area (Å²) in [4.78, 5) is 197. The van der Waals surface area contributed by atoms with Crippen LogP contribution in [0.3, 0.4) is 0 Å². The number of halogens is 3. The molecule has 3 saturated heterocycles. The molecule has 0 saturated carbocycles. The maximum Gasteiger partial charge on any atom is 0.326 e. The number of hydrogen-bond acceptors (Lipinski definition) is 17. The Morgan fingerprint density at radius 1 is 0.699 bits per heavy atom. The first kappa shape index (κ1) is 84.1. The molecule has 0 aliphatic carbocycles. The highest BCUT2D eigenvalue weighted by Crippen LogP contribution is 2.30. The number of aliphatic hydroxyl groups excluding tert-OH is 1. The Labute approximate surface area is 616 Å². The van der Waals surface area contributed by atoms with Crippen molar-refractivity contribution in [3.63, 3.8) is 0 Å². The number of amides is 9. The number of Topliss-reactive ketones (excluding diaryl/α,β-unsaturated/α-hetero) is 3. The number of ketones is 3. The minimum atomic E-state index is -3.91. The van der Waals surface area contributed by atoms with E-state index in [0.717, 1.165) is 35.7 Å². The number of carbonyl (C=O) groups is 13. The molecule has 0 radical (unpaired) electrons. The molecule has 564 valence electrons. The van der Waals surface area contributed by atoms with Crippen molar-refractivity contribution >= 4 is 121 Å². The lowest BCUT2D eigenvalue weighted by Crippen LogP contribution is -2.59. The van der Waals surface area contributed by atoms with Gasteiger partial charge in [0.25, 0.3) is 0 Å². The number of fused-ring (bicyclic) bond motifs is 1. The van der Waals surface area contributed by atoms with Crippen LogP contribution in [0.5, 0.6) is 0 Å². The molecule has 0 bridgehead atoms. The molecule has 31 heteroatoms. The first-order chi connectivity index (χ1) is 48.5. The molecule has 3 aliphatic rings. The van der Waals surface area contributed by atoms with E-state index in [2.05, 4.69) is 10.6 Å².